The Balaban J connectivity index is 2.28. The largest absolute Gasteiger partial charge is 0.488 e. The third-order valence-corrected chi connectivity index (χ3v) is 2.62. The van der Waals surface area contributed by atoms with E-state index in [0.29, 0.717) is 30.4 Å². The Morgan fingerprint density at radius 3 is 3.05 bits per heavy atom. The fraction of sp³-hybridized carbons (Fsp3) is 0.267. The van der Waals surface area contributed by atoms with Crippen molar-refractivity contribution in [1.82, 2.24) is 20.8 Å². The molecule has 110 valence electrons. The van der Waals surface area contributed by atoms with Crippen LogP contribution in [0.4, 0.5) is 5.82 Å². The maximum atomic E-state index is 5.51. The quantitative estimate of drug-likeness (QED) is 0.892. The number of aromatic nitrogens is 2. The summed E-state index contributed by atoms with van der Waals surface area (Å²) in [5.74, 6) is 2.45. The monoisotopic (exact) mass is 285 g/mol. The van der Waals surface area contributed by atoms with E-state index in [1.54, 1.807) is 6.20 Å². The number of ether oxygens (including phenoxy) is 1. The number of nitrogens with zero attached hydrogens (tertiary/aromatic N) is 3. The topological polar surface area (TPSA) is 71.4 Å². The lowest BCUT2D eigenvalue weighted by Crippen LogP contribution is -2.35. The second kappa shape index (κ2) is 7.23. The maximum absolute atomic E-state index is 5.51. The first kappa shape index (κ1) is 14.8. The highest BCUT2D eigenvalue weighted by atomic mass is 16.5. The van der Waals surface area contributed by atoms with Gasteiger partial charge < -0.3 is 10.2 Å². The summed E-state index contributed by atoms with van der Waals surface area (Å²) in [6.45, 7) is 8.13. The Hall–Kier alpha value is -2.63. The number of hydrogen-bond donors (Lipinski definition) is 2. The minimum atomic E-state index is 0.514. The minimum absolute atomic E-state index is 0.514. The molecular formula is C15H19N5O. The highest BCUT2D eigenvalue weighted by Crippen LogP contribution is 2.24. The van der Waals surface area contributed by atoms with Crippen molar-refractivity contribution < 1.29 is 4.74 Å². The molecule has 0 aliphatic carbocycles. The van der Waals surface area contributed by atoms with Gasteiger partial charge in [-0.15, -0.1) is 0 Å². The van der Waals surface area contributed by atoms with Crippen LogP contribution in [0, 0.1) is 6.92 Å². The third-order valence-electron chi connectivity index (χ3n) is 2.62. The molecule has 6 heteroatoms. The predicted molar refractivity (Wildman–Crippen MR) is 83.3 cm³/mol. The molecule has 0 atom stereocenters. The van der Waals surface area contributed by atoms with Crippen molar-refractivity contribution in [3.8, 4) is 5.75 Å². The van der Waals surface area contributed by atoms with Gasteiger partial charge in [0.05, 0.1) is 12.8 Å². The van der Waals surface area contributed by atoms with E-state index in [9.17, 15) is 0 Å². The van der Waals surface area contributed by atoms with E-state index in [0.717, 1.165) is 11.5 Å². The SMILES string of the molecule is C=C1/C=C\C=C/CC(=Nc2nc(C)ncc2OCC)NN1. The van der Waals surface area contributed by atoms with E-state index < -0.39 is 0 Å². The molecule has 0 fully saturated rings. The zero-order chi connectivity index (χ0) is 15.1. The Morgan fingerprint density at radius 1 is 1.38 bits per heavy atom. The Bertz CT molecular complexity index is 604. The molecule has 0 bridgehead atoms. The van der Waals surface area contributed by atoms with Gasteiger partial charge in [0.25, 0.3) is 0 Å². The molecule has 1 aliphatic heterocycles. The molecule has 6 nitrogen and oxygen atoms in total. The summed E-state index contributed by atoms with van der Waals surface area (Å²) in [7, 11) is 0. The van der Waals surface area contributed by atoms with Gasteiger partial charge in [-0.2, -0.15) is 0 Å². The number of hydrogen-bond acceptors (Lipinski definition) is 5. The first-order chi connectivity index (χ1) is 10.2. The molecule has 0 saturated heterocycles. The molecular weight excluding hydrogens is 266 g/mol. The molecule has 2 N–H and O–H groups in total. The van der Waals surface area contributed by atoms with Crippen molar-refractivity contribution in [3.05, 3.63) is 48.6 Å². The molecule has 0 radical (unpaired) electrons. The smallest absolute Gasteiger partial charge is 0.200 e. The zero-order valence-corrected chi connectivity index (χ0v) is 12.3. The van der Waals surface area contributed by atoms with Gasteiger partial charge in [-0.3, -0.25) is 5.43 Å². The van der Waals surface area contributed by atoms with Crippen LogP contribution in [0.3, 0.4) is 0 Å². The molecule has 0 saturated carbocycles. The Morgan fingerprint density at radius 2 is 2.24 bits per heavy atom. The second-order valence-corrected chi connectivity index (χ2v) is 4.36. The van der Waals surface area contributed by atoms with Crippen LogP contribution in [-0.2, 0) is 0 Å². The number of aliphatic imine (C=N–C) groups is 1. The fourth-order valence-electron chi connectivity index (χ4n) is 1.66. The van der Waals surface area contributed by atoms with Crippen LogP contribution in [0.2, 0.25) is 0 Å². The van der Waals surface area contributed by atoms with Crippen LogP contribution in [-0.4, -0.2) is 22.4 Å². The molecule has 0 spiro atoms. The van der Waals surface area contributed by atoms with Gasteiger partial charge in [0.15, 0.2) is 11.6 Å². The van der Waals surface area contributed by atoms with Crippen molar-refractivity contribution >= 4 is 11.7 Å². The van der Waals surface area contributed by atoms with Gasteiger partial charge in [0.2, 0.25) is 0 Å². The average Bonchev–Trinajstić information content (AvgIpc) is 2.55. The molecule has 21 heavy (non-hydrogen) atoms. The highest BCUT2D eigenvalue weighted by molar-refractivity contribution is 5.86. The molecule has 1 aliphatic rings. The average molecular weight is 285 g/mol. The lowest BCUT2D eigenvalue weighted by Gasteiger charge is -2.11. The number of aryl methyl sites for hydroxylation is 1. The molecule has 0 unspecified atom stereocenters. The number of nitrogens with one attached hydrogen (secondary N) is 2. The summed E-state index contributed by atoms with van der Waals surface area (Å²) in [4.78, 5) is 13.0. The van der Waals surface area contributed by atoms with E-state index in [2.05, 4.69) is 32.4 Å². The van der Waals surface area contributed by atoms with Crippen molar-refractivity contribution in [2.45, 2.75) is 20.3 Å². The molecule has 0 amide bonds. The van der Waals surface area contributed by atoms with E-state index in [1.807, 2.05) is 38.2 Å². The van der Waals surface area contributed by atoms with Crippen molar-refractivity contribution in [2.24, 2.45) is 4.99 Å². The van der Waals surface area contributed by atoms with E-state index in [1.165, 1.54) is 0 Å². The zero-order valence-electron chi connectivity index (χ0n) is 12.3. The van der Waals surface area contributed by atoms with E-state index in [4.69, 9.17) is 4.74 Å². The van der Waals surface area contributed by atoms with Crippen LogP contribution in [0.25, 0.3) is 0 Å². The van der Waals surface area contributed by atoms with Crippen LogP contribution < -0.4 is 15.6 Å². The normalized spacial score (nSPS) is 19.7. The maximum Gasteiger partial charge on any atom is 0.200 e. The summed E-state index contributed by atoms with van der Waals surface area (Å²) >= 11 is 0. The summed E-state index contributed by atoms with van der Waals surface area (Å²) in [6, 6.07) is 0. The van der Waals surface area contributed by atoms with Gasteiger partial charge in [-0.25, -0.2) is 15.0 Å². The second-order valence-electron chi connectivity index (χ2n) is 4.36. The van der Waals surface area contributed by atoms with Crippen LogP contribution in [0.15, 0.2) is 47.8 Å². The predicted octanol–water partition coefficient (Wildman–Crippen LogP) is 2.34. The number of hydrazine groups is 1. The standard InChI is InChI=1S/C15H19N5O/c1-4-21-13-10-16-12(3)17-15(13)18-14-9-7-5-6-8-11(2)19-20-14/h5-8,10,19H,2,4,9H2,1,3H3,(H,16,17,18,20)/b7-5-,8-6-. The molecule has 1 aromatic heterocycles. The lowest BCUT2D eigenvalue weighted by molar-refractivity contribution is 0.338. The first-order valence-corrected chi connectivity index (χ1v) is 6.77. The van der Waals surface area contributed by atoms with E-state index >= 15 is 0 Å². The van der Waals surface area contributed by atoms with Gasteiger partial charge >= 0.3 is 0 Å². The first-order valence-electron chi connectivity index (χ1n) is 6.77. The van der Waals surface area contributed by atoms with E-state index in [-0.39, 0.29) is 0 Å². The molecule has 1 aromatic rings. The van der Waals surface area contributed by atoms with Crippen molar-refractivity contribution in [2.75, 3.05) is 6.61 Å². The van der Waals surface area contributed by atoms with Crippen LogP contribution >= 0.6 is 0 Å². The van der Waals surface area contributed by atoms with Crippen molar-refractivity contribution in [1.29, 1.82) is 0 Å². The summed E-state index contributed by atoms with van der Waals surface area (Å²) in [5, 5.41) is 0. The number of amidine groups is 1. The van der Waals surface area contributed by atoms with Gasteiger partial charge in [0.1, 0.15) is 11.7 Å². The highest BCUT2D eigenvalue weighted by Gasteiger charge is 2.08. The Kier molecular flexibility index (Phi) is 5.09. The Labute approximate surface area is 124 Å². The van der Waals surface area contributed by atoms with Crippen LogP contribution in [0.5, 0.6) is 5.75 Å². The van der Waals surface area contributed by atoms with Gasteiger partial charge in [0, 0.05) is 12.1 Å². The van der Waals surface area contributed by atoms with Gasteiger partial charge in [-0.05, 0) is 19.9 Å². The van der Waals surface area contributed by atoms with Crippen LogP contribution in [0.1, 0.15) is 19.2 Å². The third kappa shape index (κ3) is 4.45. The number of allylic oxidation sites excluding steroid dienone is 3. The summed E-state index contributed by atoms with van der Waals surface area (Å²) in [5.41, 5.74) is 6.75. The molecule has 2 rings (SSSR count). The van der Waals surface area contributed by atoms with Crippen molar-refractivity contribution in [3.63, 3.8) is 0 Å². The summed E-state index contributed by atoms with van der Waals surface area (Å²) < 4.78 is 5.51. The number of rotatable bonds is 3. The fourth-order valence-corrected chi connectivity index (χ4v) is 1.66. The molecule has 2 heterocycles. The van der Waals surface area contributed by atoms with Gasteiger partial charge in [-0.1, -0.05) is 24.8 Å². The molecule has 0 aromatic carbocycles. The summed E-state index contributed by atoms with van der Waals surface area (Å²) in [6.07, 6.45) is 10.0. The minimum Gasteiger partial charge on any atom is -0.488 e. The lowest BCUT2D eigenvalue weighted by atomic mass is 10.3.